The Hall–Kier alpha value is -2.13. The van der Waals surface area contributed by atoms with E-state index >= 15 is 0 Å². The van der Waals surface area contributed by atoms with Gasteiger partial charge in [0.1, 0.15) is 0 Å². The lowest BCUT2D eigenvalue weighted by molar-refractivity contribution is -0.137. The SMILES string of the molecule is CC(C)N(C)S(=O)(=O)c1ccc(NC(=O)N(C)CCC(=O)O)cc1. The summed E-state index contributed by atoms with van der Waals surface area (Å²) in [6.45, 7) is 3.63. The number of amides is 2. The second-order valence-corrected chi connectivity index (χ2v) is 7.63. The molecule has 0 heterocycles. The number of carbonyl (C=O) groups is 2. The van der Waals surface area contributed by atoms with Crippen molar-refractivity contribution in [2.24, 2.45) is 0 Å². The first-order chi connectivity index (χ1) is 11.1. The largest absolute Gasteiger partial charge is 0.481 e. The van der Waals surface area contributed by atoms with Crippen molar-refractivity contribution < 1.29 is 23.1 Å². The van der Waals surface area contributed by atoms with E-state index in [0.29, 0.717) is 5.69 Å². The molecule has 2 N–H and O–H groups in total. The Balaban J connectivity index is 2.78. The lowest BCUT2D eigenvalue weighted by atomic mass is 10.3. The van der Waals surface area contributed by atoms with Gasteiger partial charge in [-0.15, -0.1) is 0 Å². The third kappa shape index (κ3) is 5.20. The van der Waals surface area contributed by atoms with Crippen LogP contribution in [0.4, 0.5) is 10.5 Å². The van der Waals surface area contributed by atoms with Crippen LogP contribution in [-0.2, 0) is 14.8 Å². The third-order valence-corrected chi connectivity index (χ3v) is 5.57. The second kappa shape index (κ2) is 8.11. The number of carbonyl (C=O) groups excluding carboxylic acids is 1. The van der Waals surface area contributed by atoms with Crippen LogP contribution in [0.3, 0.4) is 0 Å². The molecule has 0 bridgehead atoms. The molecule has 1 aromatic carbocycles. The van der Waals surface area contributed by atoms with Gasteiger partial charge in [-0.2, -0.15) is 4.31 Å². The van der Waals surface area contributed by atoms with Gasteiger partial charge in [-0.25, -0.2) is 13.2 Å². The number of sulfonamides is 1. The summed E-state index contributed by atoms with van der Waals surface area (Å²) in [5.74, 6) is -0.988. The van der Waals surface area contributed by atoms with Crippen LogP contribution in [-0.4, -0.2) is 61.4 Å². The summed E-state index contributed by atoms with van der Waals surface area (Å²) in [5, 5.41) is 11.2. The molecule has 1 rings (SSSR count). The maximum atomic E-state index is 12.3. The van der Waals surface area contributed by atoms with Crippen LogP contribution in [0.25, 0.3) is 0 Å². The molecule has 24 heavy (non-hydrogen) atoms. The first-order valence-corrected chi connectivity index (χ1v) is 8.81. The Labute approximate surface area is 142 Å². The van der Waals surface area contributed by atoms with Crippen LogP contribution in [0.2, 0.25) is 0 Å². The molecule has 134 valence electrons. The maximum Gasteiger partial charge on any atom is 0.321 e. The number of aliphatic carboxylic acids is 1. The van der Waals surface area contributed by atoms with E-state index in [9.17, 15) is 18.0 Å². The molecule has 0 atom stereocenters. The van der Waals surface area contributed by atoms with Crippen molar-refractivity contribution in [2.75, 3.05) is 26.0 Å². The highest BCUT2D eigenvalue weighted by molar-refractivity contribution is 7.89. The van der Waals surface area contributed by atoms with E-state index in [1.165, 1.54) is 47.6 Å². The van der Waals surface area contributed by atoms with Crippen LogP contribution >= 0.6 is 0 Å². The average Bonchev–Trinajstić information content (AvgIpc) is 2.51. The molecular formula is C15H23N3O5S. The number of benzene rings is 1. The van der Waals surface area contributed by atoms with Gasteiger partial charge in [0.05, 0.1) is 11.3 Å². The van der Waals surface area contributed by atoms with Crippen LogP contribution in [0.15, 0.2) is 29.2 Å². The van der Waals surface area contributed by atoms with Gasteiger partial charge in [0.15, 0.2) is 0 Å². The lowest BCUT2D eigenvalue weighted by Crippen LogP contribution is -2.33. The first kappa shape index (κ1) is 19.9. The van der Waals surface area contributed by atoms with Crippen molar-refractivity contribution in [3.05, 3.63) is 24.3 Å². The molecule has 0 aliphatic heterocycles. The summed E-state index contributed by atoms with van der Waals surface area (Å²) in [7, 11) is -0.585. The molecule has 9 heteroatoms. The molecule has 2 amide bonds. The number of urea groups is 1. The molecule has 0 saturated heterocycles. The van der Waals surface area contributed by atoms with E-state index in [-0.39, 0.29) is 23.9 Å². The van der Waals surface area contributed by atoms with Crippen LogP contribution < -0.4 is 5.32 Å². The third-order valence-electron chi connectivity index (χ3n) is 3.52. The number of anilines is 1. The molecule has 0 aromatic heterocycles. The van der Waals surface area contributed by atoms with Gasteiger partial charge in [-0.05, 0) is 38.1 Å². The van der Waals surface area contributed by atoms with Gasteiger partial charge >= 0.3 is 12.0 Å². The van der Waals surface area contributed by atoms with Gasteiger partial charge in [0, 0.05) is 32.4 Å². The average molecular weight is 357 g/mol. The number of hydrogen-bond acceptors (Lipinski definition) is 4. The van der Waals surface area contributed by atoms with E-state index in [1.807, 2.05) is 0 Å². The summed E-state index contributed by atoms with van der Waals surface area (Å²) < 4.78 is 25.9. The number of carboxylic acids is 1. The number of nitrogens with one attached hydrogen (secondary N) is 1. The Morgan fingerprint density at radius 2 is 1.71 bits per heavy atom. The van der Waals surface area contributed by atoms with Crippen LogP contribution in [0, 0.1) is 0 Å². The minimum absolute atomic E-state index is 0.0762. The molecule has 0 fully saturated rings. The van der Waals surface area contributed by atoms with Crippen LogP contribution in [0.1, 0.15) is 20.3 Å². The van der Waals surface area contributed by atoms with Gasteiger partial charge in [0.25, 0.3) is 0 Å². The smallest absolute Gasteiger partial charge is 0.321 e. The normalized spacial score (nSPS) is 11.6. The van der Waals surface area contributed by atoms with E-state index in [1.54, 1.807) is 13.8 Å². The predicted octanol–water partition coefficient (Wildman–Crippen LogP) is 1.65. The zero-order valence-electron chi connectivity index (χ0n) is 14.2. The van der Waals surface area contributed by atoms with E-state index in [2.05, 4.69) is 5.32 Å². The minimum atomic E-state index is -3.57. The van der Waals surface area contributed by atoms with Crippen molar-refractivity contribution >= 4 is 27.7 Å². The zero-order chi connectivity index (χ0) is 18.5. The maximum absolute atomic E-state index is 12.3. The molecular weight excluding hydrogens is 334 g/mol. The highest BCUT2D eigenvalue weighted by Crippen LogP contribution is 2.19. The second-order valence-electron chi connectivity index (χ2n) is 5.63. The lowest BCUT2D eigenvalue weighted by Gasteiger charge is -2.21. The van der Waals surface area contributed by atoms with Crippen LogP contribution in [0.5, 0.6) is 0 Å². The quantitative estimate of drug-likeness (QED) is 0.772. The molecule has 0 radical (unpaired) electrons. The van der Waals surface area contributed by atoms with Crippen molar-refractivity contribution in [3.8, 4) is 0 Å². The fourth-order valence-corrected chi connectivity index (χ4v) is 3.11. The van der Waals surface area contributed by atoms with Gasteiger partial charge in [-0.1, -0.05) is 0 Å². The van der Waals surface area contributed by atoms with Crippen molar-refractivity contribution in [2.45, 2.75) is 31.2 Å². The van der Waals surface area contributed by atoms with Gasteiger partial charge in [-0.3, -0.25) is 4.79 Å². The number of hydrogen-bond donors (Lipinski definition) is 2. The van der Waals surface area contributed by atoms with E-state index in [0.717, 1.165) is 0 Å². The Morgan fingerprint density at radius 3 is 2.17 bits per heavy atom. The van der Waals surface area contributed by atoms with Gasteiger partial charge in [0.2, 0.25) is 10.0 Å². The molecule has 0 aliphatic rings. The van der Waals surface area contributed by atoms with E-state index < -0.39 is 22.0 Å². The molecule has 0 spiro atoms. The summed E-state index contributed by atoms with van der Waals surface area (Å²) in [4.78, 5) is 23.8. The highest BCUT2D eigenvalue weighted by Gasteiger charge is 2.22. The Bertz CT molecular complexity index is 686. The molecule has 0 aliphatic carbocycles. The predicted molar refractivity (Wildman–Crippen MR) is 90.4 cm³/mol. The van der Waals surface area contributed by atoms with Crippen molar-refractivity contribution in [3.63, 3.8) is 0 Å². The fraction of sp³-hybridized carbons (Fsp3) is 0.467. The summed E-state index contributed by atoms with van der Waals surface area (Å²) >= 11 is 0. The number of rotatable bonds is 7. The topological polar surface area (TPSA) is 107 Å². The molecule has 8 nitrogen and oxygen atoms in total. The standard InChI is InChI=1S/C15H23N3O5S/c1-11(2)18(4)24(22,23)13-7-5-12(6-8-13)16-15(21)17(3)10-9-14(19)20/h5-8,11H,9-10H2,1-4H3,(H,16,21)(H,19,20). The minimum Gasteiger partial charge on any atom is -0.481 e. The number of nitrogens with zero attached hydrogens (tertiary/aromatic N) is 2. The van der Waals surface area contributed by atoms with E-state index in [4.69, 9.17) is 5.11 Å². The Morgan fingerprint density at radius 1 is 1.17 bits per heavy atom. The monoisotopic (exact) mass is 357 g/mol. The summed E-state index contributed by atoms with van der Waals surface area (Å²) in [6.07, 6.45) is -0.150. The molecule has 0 saturated carbocycles. The summed E-state index contributed by atoms with van der Waals surface area (Å²) in [6, 6.07) is 5.18. The molecule has 1 aromatic rings. The number of carboxylic acid groups (broad SMARTS) is 1. The summed E-state index contributed by atoms with van der Waals surface area (Å²) in [5.41, 5.74) is 0.424. The van der Waals surface area contributed by atoms with Crippen molar-refractivity contribution in [1.29, 1.82) is 0 Å². The van der Waals surface area contributed by atoms with Crippen molar-refractivity contribution in [1.82, 2.24) is 9.21 Å². The molecule has 0 unspecified atom stereocenters. The Kier molecular flexibility index (Phi) is 6.73. The van der Waals surface area contributed by atoms with Gasteiger partial charge < -0.3 is 15.3 Å². The highest BCUT2D eigenvalue weighted by atomic mass is 32.2. The first-order valence-electron chi connectivity index (χ1n) is 7.37. The fourth-order valence-electron chi connectivity index (χ4n) is 1.74. The zero-order valence-corrected chi connectivity index (χ0v) is 15.0.